The van der Waals surface area contributed by atoms with Crippen molar-refractivity contribution >= 4 is 38.6 Å². The number of esters is 1. The number of fused-ring (bicyclic) bond motifs is 1. The molecule has 0 bridgehead atoms. The van der Waals surface area contributed by atoms with Crippen molar-refractivity contribution < 1.29 is 27.5 Å². The van der Waals surface area contributed by atoms with Gasteiger partial charge in [-0.3, -0.25) is 9.59 Å². The molecule has 0 aliphatic rings. The van der Waals surface area contributed by atoms with Gasteiger partial charge in [0.05, 0.1) is 13.0 Å². The Labute approximate surface area is 144 Å². The van der Waals surface area contributed by atoms with E-state index in [-0.39, 0.29) is 0 Å². The third kappa shape index (κ3) is 4.05. The largest absolute Gasteiger partial charge is 0.471 e. The SMILES string of the molecule is COC(=O)C(CNC(=O)C(F)(F)F)c1cccc2ccc(Br)cc12. The quantitative estimate of drug-likeness (QED) is 0.794. The second-order valence-corrected chi connectivity index (χ2v) is 5.91. The molecule has 4 nitrogen and oxygen atoms in total. The van der Waals surface area contributed by atoms with Crippen LogP contribution in [0.15, 0.2) is 40.9 Å². The number of alkyl halides is 3. The second-order valence-electron chi connectivity index (χ2n) is 5.00. The third-order valence-electron chi connectivity index (χ3n) is 3.46. The summed E-state index contributed by atoms with van der Waals surface area (Å²) in [6.07, 6.45) is -5.01. The van der Waals surface area contributed by atoms with E-state index in [4.69, 9.17) is 0 Å². The van der Waals surface area contributed by atoms with Crippen molar-refractivity contribution in [2.24, 2.45) is 0 Å². The lowest BCUT2D eigenvalue weighted by Gasteiger charge is -2.18. The standard InChI is InChI=1S/C16H13BrF3NO3/c1-24-14(22)13(8-21-15(23)16(18,19)20)11-4-2-3-9-5-6-10(17)7-12(9)11/h2-7,13H,8H2,1H3,(H,21,23). The molecule has 24 heavy (non-hydrogen) atoms. The van der Waals surface area contributed by atoms with Gasteiger partial charge in [-0.25, -0.2) is 0 Å². The van der Waals surface area contributed by atoms with Crippen LogP contribution in [0, 0.1) is 0 Å². The van der Waals surface area contributed by atoms with Crippen LogP contribution in [0.3, 0.4) is 0 Å². The van der Waals surface area contributed by atoms with Gasteiger partial charge in [-0.1, -0.05) is 40.2 Å². The summed E-state index contributed by atoms with van der Waals surface area (Å²) in [6, 6.07) is 10.5. The fraction of sp³-hybridized carbons (Fsp3) is 0.250. The molecule has 0 spiro atoms. The van der Waals surface area contributed by atoms with Crippen LogP contribution in [0.5, 0.6) is 0 Å². The number of hydrogen-bond acceptors (Lipinski definition) is 3. The van der Waals surface area contributed by atoms with Gasteiger partial charge >= 0.3 is 18.1 Å². The van der Waals surface area contributed by atoms with E-state index in [0.29, 0.717) is 10.9 Å². The minimum absolute atomic E-state index is 0.475. The molecule has 0 fully saturated rings. The number of halogens is 4. The smallest absolute Gasteiger partial charge is 0.468 e. The molecule has 2 aromatic carbocycles. The van der Waals surface area contributed by atoms with Gasteiger partial charge in [0.15, 0.2) is 0 Å². The van der Waals surface area contributed by atoms with Crippen LogP contribution in [-0.4, -0.2) is 31.7 Å². The highest BCUT2D eigenvalue weighted by molar-refractivity contribution is 9.10. The van der Waals surface area contributed by atoms with E-state index >= 15 is 0 Å². The molecule has 1 unspecified atom stereocenters. The van der Waals surface area contributed by atoms with Crippen LogP contribution in [0.2, 0.25) is 0 Å². The van der Waals surface area contributed by atoms with E-state index < -0.39 is 30.5 Å². The minimum atomic E-state index is -5.01. The zero-order valence-corrected chi connectivity index (χ0v) is 14.1. The summed E-state index contributed by atoms with van der Waals surface area (Å²) in [4.78, 5) is 23.1. The molecule has 0 radical (unpaired) electrons. The molecule has 0 aromatic heterocycles. The first kappa shape index (κ1) is 18.3. The van der Waals surface area contributed by atoms with E-state index in [2.05, 4.69) is 20.7 Å². The average Bonchev–Trinajstić information content (AvgIpc) is 2.53. The lowest BCUT2D eigenvalue weighted by Crippen LogP contribution is -2.40. The van der Waals surface area contributed by atoms with Crippen molar-refractivity contribution in [2.75, 3.05) is 13.7 Å². The number of benzene rings is 2. The van der Waals surface area contributed by atoms with Crippen LogP contribution in [0.4, 0.5) is 13.2 Å². The van der Waals surface area contributed by atoms with Crippen molar-refractivity contribution in [1.29, 1.82) is 0 Å². The summed E-state index contributed by atoms with van der Waals surface area (Å²) >= 11 is 3.32. The van der Waals surface area contributed by atoms with Crippen LogP contribution in [0.1, 0.15) is 11.5 Å². The monoisotopic (exact) mass is 403 g/mol. The van der Waals surface area contributed by atoms with E-state index in [1.807, 2.05) is 18.2 Å². The zero-order valence-electron chi connectivity index (χ0n) is 12.5. The Bertz CT molecular complexity index is 777. The summed E-state index contributed by atoms with van der Waals surface area (Å²) in [5.41, 5.74) is 0.475. The Morgan fingerprint density at radius 3 is 2.58 bits per heavy atom. The van der Waals surface area contributed by atoms with Crippen LogP contribution in [0.25, 0.3) is 10.8 Å². The summed E-state index contributed by atoms with van der Waals surface area (Å²) in [7, 11) is 1.14. The maximum Gasteiger partial charge on any atom is 0.471 e. The van der Waals surface area contributed by atoms with Crippen LogP contribution < -0.4 is 5.32 Å². The lowest BCUT2D eigenvalue weighted by molar-refractivity contribution is -0.173. The number of rotatable bonds is 4. The topological polar surface area (TPSA) is 55.4 Å². The molecule has 0 saturated heterocycles. The number of carbonyl (C=O) groups is 2. The number of amides is 1. The first-order valence-corrected chi connectivity index (χ1v) is 7.64. The van der Waals surface area contributed by atoms with Crippen molar-refractivity contribution in [2.45, 2.75) is 12.1 Å². The average molecular weight is 404 g/mol. The maximum atomic E-state index is 12.4. The fourth-order valence-corrected chi connectivity index (χ4v) is 2.69. The predicted molar refractivity (Wildman–Crippen MR) is 85.5 cm³/mol. The lowest BCUT2D eigenvalue weighted by atomic mass is 9.93. The Morgan fingerprint density at radius 2 is 1.96 bits per heavy atom. The predicted octanol–water partition coefficient (Wildman–Crippen LogP) is 3.54. The molecule has 1 amide bonds. The van der Waals surface area contributed by atoms with E-state index in [0.717, 1.165) is 17.0 Å². The van der Waals surface area contributed by atoms with E-state index in [9.17, 15) is 22.8 Å². The number of methoxy groups -OCH3 is 1. The molecule has 1 atom stereocenters. The van der Waals surface area contributed by atoms with Crippen molar-refractivity contribution in [3.8, 4) is 0 Å². The fourth-order valence-electron chi connectivity index (χ4n) is 2.33. The first-order chi connectivity index (χ1) is 11.2. The highest BCUT2D eigenvalue weighted by Crippen LogP contribution is 2.29. The highest BCUT2D eigenvalue weighted by atomic mass is 79.9. The van der Waals surface area contributed by atoms with Crippen molar-refractivity contribution in [3.05, 3.63) is 46.4 Å². The molecule has 0 aliphatic carbocycles. The molecule has 1 N–H and O–H groups in total. The van der Waals surface area contributed by atoms with Crippen LogP contribution in [-0.2, 0) is 14.3 Å². The maximum absolute atomic E-state index is 12.4. The summed E-state index contributed by atoms with van der Waals surface area (Å²) in [6.45, 7) is -0.517. The van der Waals surface area contributed by atoms with Gasteiger partial charge in [0, 0.05) is 11.0 Å². The third-order valence-corrected chi connectivity index (χ3v) is 3.96. The molecule has 0 saturated carbocycles. The molecule has 128 valence electrons. The van der Waals surface area contributed by atoms with Gasteiger partial charge in [-0.2, -0.15) is 13.2 Å². The molecular formula is C16H13BrF3NO3. The Kier molecular flexibility index (Phi) is 5.48. The number of ether oxygens (including phenoxy) is 1. The van der Waals surface area contributed by atoms with Gasteiger partial charge in [-0.15, -0.1) is 0 Å². The molecule has 2 aromatic rings. The van der Waals surface area contributed by atoms with Gasteiger partial charge in [0.1, 0.15) is 0 Å². The van der Waals surface area contributed by atoms with Gasteiger partial charge < -0.3 is 10.1 Å². The van der Waals surface area contributed by atoms with Gasteiger partial charge in [0.25, 0.3) is 0 Å². The molecule has 0 heterocycles. The van der Waals surface area contributed by atoms with E-state index in [1.54, 1.807) is 23.5 Å². The Hall–Kier alpha value is -2.09. The number of carbonyl (C=O) groups excluding carboxylic acids is 2. The first-order valence-electron chi connectivity index (χ1n) is 6.85. The summed E-state index contributed by atoms with van der Waals surface area (Å²) < 4.78 is 42.5. The van der Waals surface area contributed by atoms with Crippen LogP contribution >= 0.6 is 15.9 Å². The van der Waals surface area contributed by atoms with Crippen molar-refractivity contribution in [1.82, 2.24) is 5.32 Å². The molecular weight excluding hydrogens is 391 g/mol. The summed E-state index contributed by atoms with van der Waals surface area (Å²) in [5, 5.41) is 3.23. The van der Waals surface area contributed by atoms with Gasteiger partial charge in [-0.05, 0) is 28.5 Å². The Morgan fingerprint density at radius 1 is 1.25 bits per heavy atom. The minimum Gasteiger partial charge on any atom is -0.468 e. The Balaban J connectivity index is 2.40. The molecule has 2 rings (SSSR count). The number of nitrogens with one attached hydrogen (secondary N) is 1. The van der Waals surface area contributed by atoms with Crippen molar-refractivity contribution in [3.63, 3.8) is 0 Å². The van der Waals surface area contributed by atoms with E-state index in [1.165, 1.54) is 0 Å². The highest BCUT2D eigenvalue weighted by Gasteiger charge is 2.39. The normalized spacial score (nSPS) is 12.7. The van der Waals surface area contributed by atoms with Gasteiger partial charge in [0.2, 0.25) is 0 Å². The summed E-state index contributed by atoms with van der Waals surface area (Å²) in [5.74, 6) is -3.89. The second kappa shape index (κ2) is 7.21. The molecule has 8 heteroatoms. The zero-order chi connectivity index (χ0) is 17.9. The molecule has 0 aliphatic heterocycles. The number of hydrogen-bond donors (Lipinski definition) is 1.